The van der Waals surface area contributed by atoms with E-state index in [1.165, 1.54) is 22.3 Å². The Morgan fingerprint density at radius 3 is 2.53 bits per heavy atom. The van der Waals surface area contributed by atoms with Gasteiger partial charge in [-0.2, -0.15) is 0 Å². The van der Waals surface area contributed by atoms with Gasteiger partial charge in [0.2, 0.25) is 0 Å². The summed E-state index contributed by atoms with van der Waals surface area (Å²) in [6, 6.07) is 15.3. The lowest BCUT2D eigenvalue weighted by Gasteiger charge is -2.26. The predicted octanol–water partition coefficient (Wildman–Crippen LogP) is 8.99. The smallest absolute Gasteiger partial charge is 0.145 e. The van der Waals surface area contributed by atoms with Gasteiger partial charge in [-0.1, -0.05) is 76.7 Å². The number of allylic oxidation sites excluding steroid dienone is 1. The molecule has 0 radical (unpaired) electrons. The van der Waals surface area contributed by atoms with Crippen LogP contribution in [0.15, 0.2) is 65.7 Å². The Bertz CT molecular complexity index is 1460. The fourth-order valence-electron chi connectivity index (χ4n) is 5.36. The van der Waals surface area contributed by atoms with Crippen LogP contribution in [0.25, 0.3) is 33.9 Å². The number of benzene rings is 2. The molecule has 2 heteroatoms. The number of pyridine rings is 1. The maximum atomic E-state index is 6.64. The van der Waals surface area contributed by atoms with E-state index in [4.69, 9.17) is 9.40 Å². The number of nitrogens with zero attached hydrogens (tertiary/aromatic N) is 1. The second kappa shape index (κ2) is 8.13. The van der Waals surface area contributed by atoms with Crippen molar-refractivity contribution in [2.45, 2.75) is 59.3 Å². The van der Waals surface area contributed by atoms with E-state index in [1.807, 2.05) is 6.20 Å². The minimum atomic E-state index is 0.0100. The van der Waals surface area contributed by atoms with E-state index in [0.717, 1.165) is 51.1 Å². The summed E-state index contributed by atoms with van der Waals surface area (Å²) in [6.45, 7) is 17.9. The molecule has 1 aliphatic rings. The maximum absolute atomic E-state index is 6.64. The molecule has 5 rings (SSSR count). The largest absolute Gasteiger partial charge is 0.455 e. The van der Waals surface area contributed by atoms with Crippen LogP contribution in [0, 0.1) is 13.8 Å². The monoisotopic (exact) mass is 447 g/mol. The summed E-state index contributed by atoms with van der Waals surface area (Å²) in [4.78, 5) is 4.83. The van der Waals surface area contributed by atoms with Gasteiger partial charge >= 0.3 is 0 Å². The van der Waals surface area contributed by atoms with E-state index < -0.39 is 0 Å². The van der Waals surface area contributed by atoms with Gasteiger partial charge in [-0.3, -0.25) is 4.98 Å². The highest BCUT2D eigenvalue weighted by atomic mass is 16.3. The van der Waals surface area contributed by atoms with Crippen LogP contribution in [0.5, 0.6) is 0 Å². The van der Waals surface area contributed by atoms with Gasteiger partial charge in [-0.05, 0) is 77.1 Å². The van der Waals surface area contributed by atoms with Crippen LogP contribution in [0.2, 0.25) is 0 Å². The van der Waals surface area contributed by atoms with Crippen molar-refractivity contribution >= 4 is 22.6 Å². The molecule has 0 spiro atoms. The first-order chi connectivity index (χ1) is 16.2. The predicted molar refractivity (Wildman–Crippen MR) is 144 cm³/mol. The van der Waals surface area contributed by atoms with Crippen molar-refractivity contribution < 1.29 is 4.42 Å². The number of fused-ring (bicyclic) bond motifs is 4. The van der Waals surface area contributed by atoms with Gasteiger partial charge in [0.15, 0.2) is 0 Å². The molecule has 1 aliphatic carbocycles. The van der Waals surface area contributed by atoms with E-state index in [2.05, 4.69) is 103 Å². The number of aryl methyl sites for hydroxylation is 2. The van der Waals surface area contributed by atoms with Crippen molar-refractivity contribution in [3.8, 4) is 11.3 Å². The molecular weight excluding hydrogens is 414 g/mol. The lowest BCUT2D eigenvalue weighted by Crippen LogP contribution is -2.17. The Morgan fingerprint density at radius 1 is 1.00 bits per heavy atom. The average Bonchev–Trinajstić information content (AvgIpc) is 3.17. The molecule has 2 aromatic carbocycles. The molecule has 0 amide bonds. The molecular formula is C32H33NO. The molecule has 0 fully saturated rings. The van der Waals surface area contributed by atoms with Crippen molar-refractivity contribution in [2.24, 2.45) is 0 Å². The van der Waals surface area contributed by atoms with Gasteiger partial charge in [0, 0.05) is 22.7 Å². The fourth-order valence-corrected chi connectivity index (χ4v) is 5.36. The second-order valence-electron chi connectivity index (χ2n) is 10.6. The Balaban J connectivity index is 1.80. The van der Waals surface area contributed by atoms with E-state index in [9.17, 15) is 0 Å². The van der Waals surface area contributed by atoms with Crippen molar-refractivity contribution in [1.29, 1.82) is 0 Å². The van der Waals surface area contributed by atoms with Gasteiger partial charge in [0.25, 0.3) is 0 Å². The molecule has 0 aliphatic heterocycles. The molecule has 4 aromatic rings. The number of furan rings is 1. The van der Waals surface area contributed by atoms with Gasteiger partial charge < -0.3 is 4.42 Å². The minimum absolute atomic E-state index is 0.0100. The number of rotatable bonds is 2. The van der Waals surface area contributed by atoms with Crippen molar-refractivity contribution in [1.82, 2.24) is 4.98 Å². The lowest BCUT2D eigenvalue weighted by molar-refractivity contribution is 0.533. The maximum Gasteiger partial charge on any atom is 0.145 e. The number of hydrogen-bond donors (Lipinski definition) is 0. The van der Waals surface area contributed by atoms with Crippen molar-refractivity contribution in [3.05, 3.63) is 100 Å². The zero-order chi connectivity index (χ0) is 24.2. The highest BCUT2D eigenvalue weighted by Gasteiger charge is 2.28. The van der Waals surface area contributed by atoms with Gasteiger partial charge in [-0.25, -0.2) is 0 Å². The highest BCUT2D eigenvalue weighted by molar-refractivity contribution is 6.04. The topological polar surface area (TPSA) is 26.0 Å². The summed E-state index contributed by atoms with van der Waals surface area (Å²) in [5.74, 6) is 1.31. The van der Waals surface area contributed by atoms with Crippen LogP contribution in [-0.4, -0.2) is 4.98 Å². The Morgan fingerprint density at radius 2 is 1.76 bits per heavy atom. The SMILES string of the molecule is C=C1c2ccccc2C(C)(C)C/C=C\c2oc3c(-c4cc(C(C)C)c(C)cn4)c(C)ccc3c21. The van der Waals surface area contributed by atoms with E-state index >= 15 is 0 Å². The lowest BCUT2D eigenvalue weighted by atomic mass is 9.77. The van der Waals surface area contributed by atoms with Crippen molar-refractivity contribution in [2.75, 3.05) is 0 Å². The molecule has 2 aromatic heterocycles. The average molecular weight is 448 g/mol. The minimum Gasteiger partial charge on any atom is -0.455 e. The first kappa shape index (κ1) is 22.4. The summed E-state index contributed by atoms with van der Waals surface area (Å²) in [5.41, 5.74) is 11.2. The highest BCUT2D eigenvalue weighted by Crippen LogP contribution is 2.44. The van der Waals surface area contributed by atoms with Crippen LogP contribution in [0.1, 0.15) is 79.2 Å². The number of hydrogen-bond acceptors (Lipinski definition) is 2. The summed E-state index contributed by atoms with van der Waals surface area (Å²) < 4.78 is 6.64. The molecule has 0 saturated heterocycles. The van der Waals surface area contributed by atoms with Crippen LogP contribution in [0.4, 0.5) is 0 Å². The quantitative estimate of drug-likeness (QED) is 0.306. The fraction of sp³-hybridized carbons (Fsp3) is 0.281. The molecule has 0 atom stereocenters. The van der Waals surface area contributed by atoms with Gasteiger partial charge in [0.1, 0.15) is 11.3 Å². The van der Waals surface area contributed by atoms with Gasteiger partial charge in [0.05, 0.1) is 5.69 Å². The zero-order valence-electron chi connectivity index (χ0n) is 21.1. The summed E-state index contributed by atoms with van der Waals surface area (Å²) >= 11 is 0. The van der Waals surface area contributed by atoms with Gasteiger partial charge in [-0.15, -0.1) is 0 Å². The van der Waals surface area contributed by atoms with E-state index in [0.29, 0.717) is 5.92 Å². The third-order valence-corrected chi connectivity index (χ3v) is 7.30. The zero-order valence-corrected chi connectivity index (χ0v) is 21.1. The van der Waals surface area contributed by atoms with Crippen LogP contribution < -0.4 is 0 Å². The Labute approximate surface area is 203 Å². The Hall–Kier alpha value is -3.39. The van der Waals surface area contributed by atoms with E-state index in [-0.39, 0.29) is 5.41 Å². The summed E-state index contributed by atoms with van der Waals surface area (Å²) in [5, 5.41) is 1.09. The summed E-state index contributed by atoms with van der Waals surface area (Å²) in [6.07, 6.45) is 7.29. The third kappa shape index (κ3) is 3.53. The standard InChI is InChI=1S/C32H33NO/c1-19(2)25-17-27(33-18-21(25)4)29-20(3)14-15-24-30-22(5)23-11-8-9-12-26(23)32(6,7)16-10-13-28(30)34-31(24)29/h8-15,17-19H,5,16H2,1-4,6-7H3/b13-10-. The molecule has 0 unspecified atom stereocenters. The normalized spacial score (nSPS) is 16.0. The van der Waals surface area contributed by atoms with Crippen molar-refractivity contribution in [3.63, 3.8) is 0 Å². The molecule has 34 heavy (non-hydrogen) atoms. The second-order valence-corrected chi connectivity index (χ2v) is 10.6. The molecule has 2 nitrogen and oxygen atoms in total. The summed E-state index contributed by atoms with van der Waals surface area (Å²) in [7, 11) is 0. The molecule has 172 valence electrons. The molecule has 2 heterocycles. The first-order valence-electron chi connectivity index (χ1n) is 12.2. The molecule has 0 saturated carbocycles. The Kier molecular flexibility index (Phi) is 5.36. The first-order valence-corrected chi connectivity index (χ1v) is 12.2. The van der Waals surface area contributed by atoms with Crippen LogP contribution in [-0.2, 0) is 5.41 Å². The third-order valence-electron chi connectivity index (χ3n) is 7.30. The van der Waals surface area contributed by atoms with Crippen LogP contribution >= 0.6 is 0 Å². The molecule has 0 bridgehead atoms. The number of aromatic nitrogens is 1. The molecule has 0 N–H and O–H groups in total. The van der Waals surface area contributed by atoms with E-state index in [1.54, 1.807) is 0 Å². The van der Waals surface area contributed by atoms with Crippen LogP contribution in [0.3, 0.4) is 0 Å².